The summed E-state index contributed by atoms with van der Waals surface area (Å²) in [5, 5.41) is 0. The molecule has 3 unspecified atom stereocenters. The van der Waals surface area contributed by atoms with Gasteiger partial charge in [-0.2, -0.15) is 0 Å². The summed E-state index contributed by atoms with van der Waals surface area (Å²) < 4.78 is 5.40. The molecule has 0 saturated heterocycles. The van der Waals surface area contributed by atoms with Crippen molar-refractivity contribution >= 4 is 5.97 Å². The predicted octanol–water partition coefficient (Wildman–Crippen LogP) is 5.28. The highest BCUT2D eigenvalue weighted by Crippen LogP contribution is 2.53. The first-order valence-electron chi connectivity index (χ1n) is 8.80. The van der Waals surface area contributed by atoms with Crippen LogP contribution < -0.4 is 0 Å². The lowest BCUT2D eigenvalue weighted by Gasteiger charge is -2.24. The maximum absolute atomic E-state index is 12.3. The molecular weight excluding hydrogens is 272 g/mol. The van der Waals surface area contributed by atoms with Gasteiger partial charge in [0.25, 0.3) is 0 Å². The molecular formula is C20H28O2. The van der Waals surface area contributed by atoms with Crippen molar-refractivity contribution in [1.29, 1.82) is 0 Å². The molecule has 3 rings (SSSR count). The second kappa shape index (κ2) is 6.06. The molecule has 2 saturated carbocycles. The van der Waals surface area contributed by atoms with Crippen LogP contribution in [-0.2, 0) is 4.74 Å². The Morgan fingerprint density at radius 1 is 1.14 bits per heavy atom. The Labute approximate surface area is 134 Å². The molecule has 2 fully saturated rings. The summed E-state index contributed by atoms with van der Waals surface area (Å²) in [6, 6.07) is 6.46. The van der Waals surface area contributed by atoms with Gasteiger partial charge in [-0.3, -0.25) is 0 Å². The largest absolute Gasteiger partial charge is 0.459 e. The van der Waals surface area contributed by atoms with Crippen molar-refractivity contribution in [1.82, 2.24) is 0 Å². The van der Waals surface area contributed by atoms with E-state index in [4.69, 9.17) is 4.74 Å². The fourth-order valence-electron chi connectivity index (χ4n) is 4.41. The third-order valence-corrected chi connectivity index (χ3v) is 5.43. The summed E-state index contributed by atoms with van der Waals surface area (Å²) in [4.78, 5) is 12.3. The number of hydrogen-bond acceptors (Lipinski definition) is 2. The standard InChI is InChI=1S/C20H28O2/c1-12(2)18-11-16(19-10-14-5-6-15(19)9-14)7-8-17(18)20(21)22-13(3)4/h7-8,11-15,19H,5-6,9-10H2,1-4H3. The molecule has 0 radical (unpaired) electrons. The normalized spacial score (nSPS) is 26.9. The Morgan fingerprint density at radius 2 is 1.91 bits per heavy atom. The molecule has 2 aliphatic rings. The summed E-state index contributed by atoms with van der Waals surface area (Å²) in [5.74, 6) is 2.69. The van der Waals surface area contributed by atoms with Crippen LogP contribution in [0.15, 0.2) is 18.2 Å². The average molecular weight is 300 g/mol. The van der Waals surface area contributed by atoms with Crippen molar-refractivity contribution in [2.75, 3.05) is 0 Å². The molecule has 0 amide bonds. The molecule has 2 aliphatic carbocycles. The first-order valence-corrected chi connectivity index (χ1v) is 8.80. The van der Waals surface area contributed by atoms with E-state index in [1.165, 1.54) is 31.2 Å². The minimum atomic E-state index is -0.182. The van der Waals surface area contributed by atoms with E-state index in [-0.39, 0.29) is 12.1 Å². The molecule has 2 heteroatoms. The monoisotopic (exact) mass is 300 g/mol. The van der Waals surface area contributed by atoms with E-state index in [1.54, 1.807) is 0 Å². The number of carbonyl (C=O) groups is 1. The number of hydrogen-bond donors (Lipinski definition) is 0. The molecule has 0 spiro atoms. The minimum absolute atomic E-state index is 0.0715. The summed E-state index contributed by atoms with van der Waals surface area (Å²) in [7, 11) is 0. The van der Waals surface area contributed by atoms with E-state index in [0.717, 1.165) is 23.0 Å². The van der Waals surface area contributed by atoms with Crippen molar-refractivity contribution < 1.29 is 9.53 Å². The van der Waals surface area contributed by atoms with Gasteiger partial charge in [0.2, 0.25) is 0 Å². The van der Waals surface area contributed by atoms with E-state index < -0.39 is 0 Å². The smallest absolute Gasteiger partial charge is 0.338 e. The lowest BCUT2D eigenvalue weighted by atomic mass is 9.81. The molecule has 0 aromatic heterocycles. The fraction of sp³-hybridized carbons (Fsp3) is 0.650. The van der Waals surface area contributed by atoms with Gasteiger partial charge in [0.15, 0.2) is 0 Å². The highest BCUT2D eigenvalue weighted by molar-refractivity contribution is 5.91. The zero-order chi connectivity index (χ0) is 15.9. The number of carbonyl (C=O) groups excluding carboxylic acids is 1. The molecule has 1 aromatic rings. The minimum Gasteiger partial charge on any atom is -0.459 e. The third-order valence-electron chi connectivity index (χ3n) is 5.43. The van der Waals surface area contributed by atoms with Gasteiger partial charge in [0.05, 0.1) is 11.7 Å². The van der Waals surface area contributed by atoms with E-state index in [1.807, 2.05) is 19.9 Å². The van der Waals surface area contributed by atoms with Gasteiger partial charge in [0, 0.05) is 0 Å². The van der Waals surface area contributed by atoms with Gasteiger partial charge < -0.3 is 4.74 Å². The van der Waals surface area contributed by atoms with Crippen LogP contribution in [0.25, 0.3) is 0 Å². The SMILES string of the molecule is CC(C)OC(=O)c1ccc(C2CC3CCC2C3)cc1C(C)C. The zero-order valence-corrected chi connectivity index (χ0v) is 14.3. The van der Waals surface area contributed by atoms with Gasteiger partial charge >= 0.3 is 5.97 Å². The predicted molar refractivity (Wildman–Crippen MR) is 89.3 cm³/mol. The number of benzene rings is 1. The number of fused-ring (bicyclic) bond motifs is 2. The van der Waals surface area contributed by atoms with Gasteiger partial charge in [0.1, 0.15) is 0 Å². The second-order valence-corrected chi connectivity index (χ2v) is 7.74. The quantitative estimate of drug-likeness (QED) is 0.707. The van der Waals surface area contributed by atoms with Crippen LogP contribution in [0.2, 0.25) is 0 Å². The van der Waals surface area contributed by atoms with Crippen molar-refractivity contribution in [2.24, 2.45) is 11.8 Å². The molecule has 0 N–H and O–H groups in total. The molecule has 2 bridgehead atoms. The summed E-state index contributed by atoms with van der Waals surface area (Å²) in [6.45, 7) is 8.12. The van der Waals surface area contributed by atoms with Crippen molar-refractivity contribution in [3.05, 3.63) is 34.9 Å². The first-order chi connectivity index (χ1) is 10.5. The Hall–Kier alpha value is -1.31. The summed E-state index contributed by atoms with van der Waals surface area (Å²) in [5.41, 5.74) is 3.33. The lowest BCUT2D eigenvalue weighted by Crippen LogP contribution is -2.15. The zero-order valence-electron chi connectivity index (χ0n) is 14.3. The topological polar surface area (TPSA) is 26.3 Å². The van der Waals surface area contributed by atoms with E-state index in [9.17, 15) is 4.79 Å². The molecule has 0 aliphatic heterocycles. The maximum Gasteiger partial charge on any atom is 0.338 e. The molecule has 120 valence electrons. The van der Waals surface area contributed by atoms with Crippen molar-refractivity contribution in [3.63, 3.8) is 0 Å². The van der Waals surface area contributed by atoms with Gasteiger partial charge in [-0.05, 0) is 74.0 Å². The van der Waals surface area contributed by atoms with Crippen LogP contribution in [0.5, 0.6) is 0 Å². The maximum atomic E-state index is 12.3. The van der Waals surface area contributed by atoms with Crippen LogP contribution >= 0.6 is 0 Å². The number of ether oxygens (including phenoxy) is 1. The summed E-state index contributed by atoms with van der Waals surface area (Å²) >= 11 is 0. The molecule has 1 aromatic carbocycles. The third kappa shape index (κ3) is 2.93. The first kappa shape index (κ1) is 15.6. The van der Waals surface area contributed by atoms with E-state index >= 15 is 0 Å². The van der Waals surface area contributed by atoms with Gasteiger partial charge in [-0.15, -0.1) is 0 Å². The molecule has 22 heavy (non-hydrogen) atoms. The van der Waals surface area contributed by atoms with Gasteiger partial charge in [-0.25, -0.2) is 4.79 Å². The Bertz CT molecular complexity index is 559. The Kier molecular flexibility index (Phi) is 4.29. The fourth-order valence-corrected chi connectivity index (χ4v) is 4.41. The summed E-state index contributed by atoms with van der Waals surface area (Å²) in [6.07, 6.45) is 5.51. The van der Waals surface area contributed by atoms with Crippen LogP contribution in [0.4, 0.5) is 0 Å². The highest BCUT2D eigenvalue weighted by atomic mass is 16.5. The van der Waals surface area contributed by atoms with Crippen molar-refractivity contribution in [2.45, 2.75) is 71.3 Å². The average Bonchev–Trinajstić information content (AvgIpc) is 3.08. The highest BCUT2D eigenvalue weighted by Gasteiger charge is 2.40. The number of esters is 1. The van der Waals surface area contributed by atoms with E-state index in [2.05, 4.69) is 26.0 Å². The van der Waals surface area contributed by atoms with Crippen LogP contribution in [0, 0.1) is 11.8 Å². The van der Waals surface area contributed by atoms with Crippen LogP contribution in [0.1, 0.15) is 86.7 Å². The number of rotatable bonds is 4. The Balaban J connectivity index is 1.88. The molecule has 3 atom stereocenters. The lowest BCUT2D eigenvalue weighted by molar-refractivity contribution is 0.0376. The van der Waals surface area contributed by atoms with Crippen molar-refractivity contribution in [3.8, 4) is 0 Å². The van der Waals surface area contributed by atoms with Gasteiger partial charge in [-0.1, -0.05) is 32.4 Å². The Morgan fingerprint density at radius 3 is 2.45 bits per heavy atom. The molecule has 2 nitrogen and oxygen atoms in total. The second-order valence-electron chi connectivity index (χ2n) is 7.74. The van der Waals surface area contributed by atoms with Crippen LogP contribution in [0.3, 0.4) is 0 Å². The van der Waals surface area contributed by atoms with Crippen LogP contribution in [-0.4, -0.2) is 12.1 Å². The van der Waals surface area contributed by atoms with E-state index in [0.29, 0.717) is 11.8 Å². The molecule has 0 heterocycles.